The molecule has 1 unspecified atom stereocenters. The van der Waals surface area contributed by atoms with Crippen molar-refractivity contribution in [2.75, 3.05) is 38.1 Å². The maximum absolute atomic E-state index is 11.3. The van der Waals surface area contributed by atoms with Gasteiger partial charge in [0.15, 0.2) is 5.78 Å². The number of aromatic nitrogens is 2. The highest BCUT2D eigenvalue weighted by atomic mass is 16.1. The number of carbonyl (C=O) groups is 1. The molecule has 0 bridgehead atoms. The fourth-order valence-electron chi connectivity index (χ4n) is 2.95. The van der Waals surface area contributed by atoms with Crippen LogP contribution in [0.15, 0.2) is 12.4 Å². The quantitative estimate of drug-likeness (QED) is 0.796. The lowest BCUT2D eigenvalue weighted by atomic mass is 9.93. The third-order valence-electron chi connectivity index (χ3n) is 4.06. The highest BCUT2D eigenvalue weighted by Crippen LogP contribution is 2.26. The van der Waals surface area contributed by atoms with E-state index >= 15 is 0 Å². The Hall–Kier alpha value is -1.49. The molecule has 1 atom stereocenters. The topological polar surface area (TPSA) is 49.3 Å². The lowest BCUT2D eigenvalue weighted by Crippen LogP contribution is -2.31. The molecular formula is C14H20N4O. The van der Waals surface area contributed by atoms with Gasteiger partial charge in [-0.1, -0.05) is 0 Å². The van der Waals surface area contributed by atoms with Gasteiger partial charge in [-0.05, 0) is 37.9 Å². The van der Waals surface area contributed by atoms with Crippen LogP contribution in [0.25, 0.3) is 0 Å². The molecule has 5 nitrogen and oxygen atoms in total. The molecule has 2 saturated heterocycles. The van der Waals surface area contributed by atoms with Gasteiger partial charge in [-0.2, -0.15) is 0 Å². The molecule has 0 aliphatic carbocycles. The van der Waals surface area contributed by atoms with Crippen LogP contribution in [-0.2, 0) is 4.79 Å². The summed E-state index contributed by atoms with van der Waals surface area (Å²) >= 11 is 0. The van der Waals surface area contributed by atoms with Crippen LogP contribution in [0.4, 0.5) is 5.95 Å². The zero-order valence-corrected chi connectivity index (χ0v) is 11.4. The molecule has 102 valence electrons. The van der Waals surface area contributed by atoms with Crippen LogP contribution in [0.5, 0.6) is 0 Å². The number of rotatable bonds is 2. The third kappa shape index (κ3) is 2.76. The van der Waals surface area contributed by atoms with E-state index in [0.717, 1.165) is 13.1 Å². The number of likely N-dealkylation sites (N-methyl/N-ethyl adjacent to an activating group) is 1. The van der Waals surface area contributed by atoms with E-state index in [1.807, 2.05) is 17.3 Å². The van der Waals surface area contributed by atoms with E-state index in [0.29, 0.717) is 24.8 Å². The summed E-state index contributed by atoms with van der Waals surface area (Å²) in [5.41, 5.74) is 1.22. The number of hydrogen-bond donors (Lipinski definition) is 0. The summed E-state index contributed by atoms with van der Waals surface area (Å²) in [5, 5.41) is 0. The first-order valence-electron chi connectivity index (χ1n) is 6.99. The number of nitrogens with zero attached hydrogens (tertiary/aromatic N) is 4. The standard InChI is InChI=1S/C14H20N4O/c1-17-5-2-3-11(9-17)12-7-15-14(16-8-12)18-6-4-13(19)10-18/h7-8,11H,2-6,9-10H2,1H3. The summed E-state index contributed by atoms with van der Waals surface area (Å²) in [6.07, 6.45) is 6.96. The number of ketones is 1. The van der Waals surface area contributed by atoms with E-state index in [2.05, 4.69) is 21.9 Å². The normalized spacial score (nSPS) is 25.0. The third-order valence-corrected chi connectivity index (χ3v) is 4.06. The van der Waals surface area contributed by atoms with Gasteiger partial charge in [-0.3, -0.25) is 4.79 Å². The van der Waals surface area contributed by atoms with Crippen molar-refractivity contribution in [3.8, 4) is 0 Å². The molecule has 1 aromatic heterocycles. The Morgan fingerprint density at radius 3 is 2.68 bits per heavy atom. The number of likely N-dealkylation sites (tertiary alicyclic amines) is 1. The number of anilines is 1. The molecule has 5 heteroatoms. The predicted octanol–water partition coefficient (Wildman–Crippen LogP) is 1.06. The summed E-state index contributed by atoms with van der Waals surface area (Å²) in [4.78, 5) is 24.5. The second kappa shape index (κ2) is 5.25. The van der Waals surface area contributed by atoms with Crippen molar-refractivity contribution in [2.45, 2.75) is 25.2 Å². The molecule has 3 rings (SSSR count). The van der Waals surface area contributed by atoms with E-state index in [1.165, 1.54) is 24.9 Å². The molecule has 2 aliphatic rings. The minimum atomic E-state index is 0.279. The molecule has 0 radical (unpaired) electrons. The van der Waals surface area contributed by atoms with Gasteiger partial charge < -0.3 is 9.80 Å². The second-order valence-corrected chi connectivity index (χ2v) is 5.63. The molecule has 2 fully saturated rings. The van der Waals surface area contributed by atoms with Gasteiger partial charge in [0.2, 0.25) is 5.95 Å². The first-order chi connectivity index (χ1) is 9.22. The van der Waals surface area contributed by atoms with Crippen LogP contribution >= 0.6 is 0 Å². The molecule has 2 aliphatic heterocycles. The lowest BCUT2D eigenvalue weighted by Gasteiger charge is -2.29. The average Bonchev–Trinajstić information content (AvgIpc) is 2.86. The Kier molecular flexibility index (Phi) is 3.46. The molecule has 1 aromatic rings. The molecule has 0 spiro atoms. The first-order valence-corrected chi connectivity index (χ1v) is 6.99. The van der Waals surface area contributed by atoms with Crippen LogP contribution in [0.1, 0.15) is 30.7 Å². The number of hydrogen-bond acceptors (Lipinski definition) is 5. The zero-order chi connectivity index (χ0) is 13.2. The van der Waals surface area contributed by atoms with Crippen molar-refractivity contribution in [2.24, 2.45) is 0 Å². The van der Waals surface area contributed by atoms with Gasteiger partial charge >= 0.3 is 0 Å². The van der Waals surface area contributed by atoms with Crippen molar-refractivity contribution in [1.29, 1.82) is 0 Å². The summed E-state index contributed by atoms with van der Waals surface area (Å²) in [7, 11) is 2.16. The minimum Gasteiger partial charge on any atom is -0.333 e. The van der Waals surface area contributed by atoms with Crippen LogP contribution in [0.2, 0.25) is 0 Å². The Labute approximate surface area is 113 Å². The molecule has 0 aromatic carbocycles. The van der Waals surface area contributed by atoms with E-state index < -0.39 is 0 Å². The summed E-state index contributed by atoms with van der Waals surface area (Å²) < 4.78 is 0. The zero-order valence-electron chi connectivity index (χ0n) is 11.4. The number of carbonyl (C=O) groups excluding carboxylic acids is 1. The Morgan fingerprint density at radius 1 is 1.26 bits per heavy atom. The van der Waals surface area contributed by atoms with Gasteiger partial charge in [0.05, 0.1) is 6.54 Å². The molecule has 0 N–H and O–H groups in total. The van der Waals surface area contributed by atoms with E-state index in [-0.39, 0.29) is 5.78 Å². The molecular weight excluding hydrogens is 240 g/mol. The maximum atomic E-state index is 11.3. The van der Waals surface area contributed by atoms with Gasteiger partial charge in [0.25, 0.3) is 0 Å². The van der Waals surface area contributed by atoms with Crippen molar-refractivity contribution in [3.63, 3.8) is 0 Å². The summed E-state index contributed by atoms with van der Waals surface area (Å²) in [6.45, 7) is 3.49. The lowest BCUT2D eigenvalue weighted by molar-refractivity contribution is -0.116. The smallest absolute Gasteiger partial charge is 0.225 e. The Bertz CT molecular complexity index is 459. The van der Waals surface area contributed by atoms with E-state index in [1.54, 1.807) is 0 Å². The van der Waals surface area contributed by atoms with E-state index in [9.17, 15) is 4.79 Å². The largest absolute Gasteiger partial charge is 0.333 e. The maximum Gasteiger partial charge on any atom is 0.225 e. The van der Waals surface area contributed by atoms with E-state index in [4.69, 9.17) is 0 Å². The number of Topliss-reactive ketones (excluding diaryl/α,β-unsaturated/α-hetero) is 1. The number of piperidine rings is 1. The van der Waals surface area contributed by atoms with Crippen molar-refractivity contribution in [1.82, 2.24) is 14.9 Å². The van der Waals surface area contributed by atoms with Crippen LogP contribution < -0.4 is 4.90 Å². The fraction of sp³-hybridized carbons (Fsp3) is 0.643. The van der Waals surface area contributed by atoms with Crippen LogP contribution in [-0.4, -0.2) is 53.9 Å². The molecule has 19 heavy (non-hydrogen) atoms. The van der Waals surface area contributed by atoms with Gasteiger partial charge in [0.1, 0.15) is 0 Å². The van der Waals surface area contributed by atoms with Crippen molar-refractivity contribution >= 4 is 11.7 Å². The van der Waals surface area contributed by atoms with Gasteiger partial charge in [0, 0.05) is 31.9 Å². The second-order valence-electron chi connectivity index (χ2n) is 5.63. The SMILES string of the molecule is CN1CCCC(c2cnc(N3CCC(=O)C3)nc2)C1. The highest BCUT2D eigenvalue weighted by Gasteiger charge is 2.23. The predicted molar refractivity (Wildman–Crippen MR) is 73.3 cm³/mol. The van der Waals surface area contributed by atoms with Crippen molar-refractivity contribution < 1.29 is 4.79 Å². The summed E-state index contributed by atoms with van der Waals surface area (Å²) in [6, 6.07) is 0. The molecule has 3 heterocycles. The van der Waals surface area contributed by atoms with Gasteiger partial charge in [-0.25, -0.2) is 9.97 Å². The average molecular weight is 260 g/mol. The van der Waals surface area contributed by atoms with Crippen LogP contribution in [0, 0.1) is 0 Å². The fourth-order valence-corrected chi connectivity index (χ4v) is 2.95. The van der Waals surface area contributed by atoms with Gasteiger partial charge in [-0.15, -0.1) is 0 Å². The minimum absolute atomic E-state index is 0.279. The Balaban J connectivity index is 1.70. The molecule has 0 amide bonds. The molecule has 0 saturated carbocycles. The van der Waals surface area contributed by atoms with Crippen LogP contribution in [0.3, 0.4) is 0 Å². The first kappa shape index (κ1) is 12.5. The highest BCUT2D eigenvalue weighted by molar-refractivity contribution is 5.86. The Morgan fingerprint density at radius 2 is 2.05 bits per heavy atom. The summed E-state index contributed by atoms with van der Waals surface area (Å²) in [5.74, 6) is 1.52. The van der Waals surface area contributed by atoms with Crippen molar-refractivity contribution in [3.05, 3.63) is 18.0 Å². The monoisotopic (exact) mass is 260 g/mol.